The van der Waals surface area contributed by atoms with Gasteiger partial charge in [0.15, 0.2) is 0 Å². The molecule has 0 aromatic carbocycles. The summed E-state index contributed by atoms with van der Waals surface area (Å²) >= 11 is 1.36. The van der Waals surface area contributed by atoms with E-state index in [0.29, 0.717) is 10.8 Å². The molecule has 1 aliphatic rings. The second-order valence-corrected chi connectivity index (χ2v) is 8.53. The fourth-order valence-electron chi connectivity index (χ4n) is 2.45. The van der Waals surface area contributed by atoms with Gasteiger partial charge in [0.1, 0.15) is 4.21 Å². The third-order valence-electron chi connectivity index (χ3n) is 3.72. The molecule has 21 heavy (non-hydrogen) atoms. The van der Waals surface area contributed by atoms with Crippen LogP contribution in [0.3, 0.4) is 0 Å². The molecular weight excluding hydrogens is 306 g/mol. The van der Waals surface area contributed by atoms with Gasteiger partial charge in [-0.05, 0) is 51.0 Å². The Hall–Kier alpha value is -0.470. The summed E-state index contributed by atoms with van der Waals surface area (Å²) in [7, 11) is -3.36. The van der Waals surface area contributed by atoms with Crippen LogP contribution in [-0.4, -0.2) is 46.0 Å². The highest BCUT2D eigenvalue weighted by Crippen LogP contribution is 2.25. The average molecular weight is 332 g/mol. The molecule has 0 spiro atoms. The maximum atomic E-state index is 12.3. The van der Waals surface area contributed by atoms with Crippen LogP contribution < -0.4 is 10.0 Å². The first kappa shape index (κ1) is 16.9. The number of sulfonamides is 1. The molecule has 0 atom stereocenters. The Morgan fingerprint density at radius 2 is 2.05 bits per heavy atom. The summed E-state index contributed by atoms with van der Waals surface area (Å²) in [5.41, 5.74) is 1.04. The van der Waals surface area contributed by atoms with Gasteiger partial charge in [0.2, 0.25) is 10.0 Å². The van der Waals surface area contributed by atoms with E-state index in [1.165, 1.54) is 24.2 Å². The Balaban J connectivity index is 1.91. The van der Waals surface area contributed by atoms with Crippen LogP contribution in [0, 0.1) is 6.92 Å². The first-order valence-corrected chi connectivity index (χ1v) is 9.85. The summed E-state index contributed by atoms with van der Waals surface area (Å²) in [6, 6.07) is 1.77. The van der Waals surface area contributed by atoms with Crippen LogP contribution in [0.25, 0.3) is 0 Å². The van der Waals surface area contributed by atoms with Crippen molar-refractivity contribution in [2.75, 3.05) is 32.7 Å². The molecular formula is C14H25N3O2S2. The highest BCUT2D eigenvalue weighted by Gasteiger charge is 2.19. The zero-order chi connectivity index (χ0) is 15.3. The first-order valence-electron chi connectivity index (χ1n) is 7.55. The van der Waals surface area contributed by atoms with E-state index in [9.17, 15) is 8.42 Å². The summed E-state index contributed by atoms with van der Waals surface area (Å²) in [6.07, 6.45) is 2.45. The maximum Gasteiger partial charge on any atom is 0.250 e. The minimum Gasteiger partial charge on any atom is -0.312 e. The molecule has 0 unspecified atom stereocenters. The average Bonchev–Trinajstić information content (AvgIpc) is 3.06. The smallest absolute Gasteiger partial charge is 0.250 e. The van der Waals surface area contributed by atoms with Crippen molar-refractivity contribution in [1.82, 2.24) is 14.9 Å². The molecule has 1 aliphatic heterocycles. The predicted molar refractivity (Wildman–Crippen MR) is 87.3 cm³/mol. The molecule has 7 heteroatoms. The Morgan fingerprint density at radius 1 is 1.33 bits per heavy atom. The van der Waals surface area contributed by atoms with E-state index in [4.69, 9.17) is 0 Å². The maximum absolute atomic E-state index is 12.3. The van der Waals surface area contributed by atoms with Crippen molar-refractivity contribution in [2.45, 2.75) is 37.4 Å². The largest absolute Gasteiger partial charge is 0.312 e. The van der Waals surface area contributed by atoms with Crippen LogP contribution in [0.4, 0.5) is 0 Å². The molecule has 0 aliphatic carbocycles. The molecule has 1 fully saturated rings. The molecule has 0 bridgehead atoms. The molecule has 0 radical (unpaired) electrons. The first-order chi connectivity index (χ1) is 10.0. The molecule has 0 amide bonds. The van der Waals surface area contributed by atoms with Gasteiger partial charge in [-0.2, -0.15) is 0 Å². The monoisotopic (exact) mass is 331 g/mol. The fraction of sp³-hybridized carbons (Fsp3) is 0.714. The molecule has 5 nitrogen and oxygen atoms in total. The standard InChI is InChI=1S/C14H25N3O2S2/c1-3-15-11-13-12(2)10-14(20-13)21(18,19)16-6-9-17-7-4-5-8-17/h10,15-16H,3-9,11H2,1-2H3. The van der Waals surface area contributed by atoms with E-state index in [1.54, 1.807) is 6.07 Å². The second-order valence-electron chi connectivity index (χ2n) is 5.40. The normalized spacial score (nSPS) is 16.7. The molecule has 120 valence electrons. The zero-order valence-corrected chi connectivity index (χ0v) is 14.4. The predicted octanol–water partition coefficient (Wildman–Crippen LogP) is 1.54. The van der Waals surface area contributed by atoms with Crippen molar-refractivity contribution in [1.29, 1.82) is 0 Å². The lowest BCUT2D eigenvalue weighted by Gasteiger charge is -2.14. The van der Waals surface area contributed by atoms with E-state index < -0.39 is 10.0 Å². The van der Waals surface area contributed by atoms with Gasteiger partial charge in [0.05, 0.1) is 0 Å². The summed E-state index contributed by atoms with van der Waals surface area (Å²) in [4.78, 5) is 3.40. The number of aryl methyl sites for hydroxylation is 1. The van der Waals surface area contributed by atoms with Gasteiger partial charge >= 0.3 is 0 Å². The third-order valence-corrected chi connectivity index (χ3v) is 6.89. The van der Waals surface area contributed by atoms with Gasteiger partial charge in [-0.15, -0.1) is 11.3 Å². The van der Waals surface area contributed by atoms with Crippen molar-refractivity contribution in [3.8, 4) is 0 Å². The second kappa shape index (κ2) is 7.69. The van der Waals surface area contributed by atoms with Crippen LogP contribution in [0.15, 0.2) is 10.3 Å². The van der Waals surface area contributed by atoms with Crippen molar-refractivity contribution in [3.05, 3.63) is 16.5 Å². The Labute approximate surface area is 131 Å². The lowest BCUT2D eigenvalue weighted by Crippen LogP contribution is -2.33. The Kier molecular flexibility index (Phi) is 6.19. The van der Waals surface area contributed by atoms with Gasteiger partial charge in [0.25, 0.3) is 0 Å². The number of rotatable bonds is 8. The van der Waals surface area contributed by atoms with E-state index in [0.717, 1.165) is 43.2 Å². The van der Waals surface area contributed by atoms with E-state index >= 15 is 0 Å². The quantitative estimate of drug-likeness (QED) is 0.758. The summed E-state index contributed by atoms with van der Waals surface area (Å²) in [5, 5.41) is 3.24. The van der Waals surface area contributed by atoms with Gasteiger partial charge in [-0.25, -0.2) is 13.1 Å². The molecule has 1 saturated heterocycles. The SMILES string of the molecule is CCNCc1sc(S(=O)(=O)NCCN2CCCC2)cc1C. The number of likely N-dealkylation sites (tertiary alicyclic amines) is 1. The van der Waals surface area contributed by atoms with Crippen molar-refractivity contribution < 1.29 is 8.42 Å². The Morgan fingerprint density at radius 3 is 2.71 bits per heavy atom. The molecule has 2 heterocycles. The van der Waals surface area contributed by atoms with Gasteiger partial charge in [-0.1, -0.05) is 6.92 Å². The number of hydrogen-bond acceptors (Lipinski definition) is 5. The van der Waals surface area contributed by atoms with Crippen LogP contribution in [0.1, 0.15) is 30.2 Å². The van der Waals surface area contributed by atoms with Gasteiger partial charge in [-0.3, -0.25) is 0 Å². The lowest BCUT2D eigenvalue weighted by molar-refractivity contribution is 0.344. The van der Waals surface area contributed by atoms with Crippen molar-refractivity contribution in [2.24, 2.45) is 0 Å². The van der Waals surface area contributed by atoms with Crippen LogP contribution in [0.5, 0.6) is 0 Å². The molecule has 2 rings (SSSR count). The summed E-state index contributed by atoms with van der Waals surface area (Å²) in [5.74, 6) is 0. The summed E-state index contributed by atoms with van der Waals surface area (Å²) in [6.45, 7) is 9.09. The molecule has 0 saturated carbocycles. The van der Waals surface area contributed by atoms with Crippen LogP contribution in [-0.2, 0) is 16.6 Å². The number of hydrogen-bond donors (Lipinski definition) is 2. The number of thiophene rings is 1. The molecule has 1 aromatic rings. The van der Waals surface area contributed by atoms with Crippen LogP contribution in [0.2, 0.25) is 0 Å². The van der Waals surface area contributed by atoms with Gasteiger partial charge in [0, 0.05) is 24.5 Å². The molecule has 2 N–H and O–H groups in total. The minimum atomic E-state index is -3.36. The minimum absolute atomic E-state index is 0.425. The number of nitrogens with one attached hydrogen (secondary N) is 2. The van der Waals surface area contributed by atoms with E-state index in [-0.39, 0.29) is 0 Å². The Bertz CT molecular complexity index is 549. The number of nitrogens with zero attached hydrogens (tertiary/aromatic N) is 1. The topological polar surface area (TPSA) is 61.4 Å². The summed E-state index contributed by atoms with van der Waals surface area (Å²) < 4.78 is 27.8. The highest BCUT2D eigenvalue weighted by molar-refractivity contribution is 7.91. The zero-order valence-electron chi connectivity index (χ0n) is 12.8. The highest BCUT2D eigenvalue weighted by atomic mass is 32.2. The van der Waals surface area contributed by atoms with E-state index in [2.05, 4.69) is 14.9 Å². The van der Waals surface area contributed by atoms with Crippen molar-refractivity contribution in [3.63, 3.8) is 0 Å². The third kappa shape index (κ3) is 4.75. The van der Waals surface area contributed by atoms with Crippen molar-refractivity contribution >= 4 is 21.4 Å². The molecule has 1 aromatic heterocycles. The van der Waals surface area contributed by atoms with Crippen LogP contribution >= 0.6 is 11.3 Å². The van der Waals surface area contributed by atoms with E-state index in [1.807, 2.05) is 13.8 Å². The fourth-order valence-corrected chi connectivity index (χ4v) is 5.07. The lowest BCUT2D eigenvalue weighted by atomic mass is 10.3. The van der Waals surface area contributed by atoms with Gasteiger partial charge < -0.3 is 10.2 Å².